The van der Waals surface area contributed by atoms with Gasteiger partial charge in [-0.2, -0.15) is 14.0 Å². The van der Waals surface area contributed by atoms with Crippen LogP contribution in [0.15, 0.2) is 71.6 Å². The summed E-state index contributed by atoms with van der Waals surface area (Å²) in [5.41, 5.74) is 2.05. The molecule has 0 bridgehead atoms. The number of carbonyl (C=O) groups is 1. The molecule has 11 heteroatoms. The first-order valence-corrected chi connectivity index (χ1v) is 13.3. The number of carbonyl (C=O) groups excluding carboxylic acids is 1. The van der Waals surface area contributed by atoms with E-state index in [0.717, 1.165) is 10.4 Å². The zero-order chi connectivity index (χ0) is 28.0. The van der Waals surface area contributed by atoms with E-state index in [4.69, 9.17) is 4.74 Å². The van der Waals surface area contributed by atoms with Crippen LogP contribution in [-0.4, -0.2) is 40.8 Å². The molecule has 0 fully saturated rings. The monoisotopic (exact) mass is 554 g/mol. The summed E-state index contributed by atoms with van der Waals surface area (Å²) in [6, 6.07) is 19.0. The minimum Gasteiger partial charge on any atom is -0.486 e. The highest BCUT2D eigenvalue weighted by molar-refractivity contribution is 7.92. The second kappa shape index (κ2) is 12.0. The number of esters is 1. The Bertz CT molecular complexity index is 1530. The van der Waals surface area contributed by atoms with Gasteiger partial charge in [-0.3, -0.25) is 9.10 Å². The number of halogens is 2. The summed E-state index contributed by atoms with van der Waals surface area (Å²) in [5, 5.41) is 9.34. The highest BCUT2D eigenvalue weighted by Gasteiger charge is 2.35. The van der Waals surface area contributed by atoms with E-state index in [9.17, 15) is 27.3 Å². The average molecular weight is 555 g/mol. The third-order valence-electron chi connectivity index (χ3n) is 5.97. The fourth-order valence-electron chi connectivity index (χ4n) is 4.06. The molecule has 0 saturated carbocycles. The normalized spacial score (nSPS) is 14.9. The van der Waals surface area contributed by atoms with Gasteiger partial charge in [0.15, 0.2) is 0 Å². The van der Waals surface area contributed by atoms with E-state index >= 15 is 0 Å². The smallest absolute Gasteiger partial charge is 0.387 e. The van der Waals surface area contributed by atoms with Crippen LogP contribution >= 0.6 is 0 Å². The van der Waals surface area contributed by atoms with Gasteiger partial charge in [0.05, 0.1) is 35.9 Å². The summed E-state index contributed by atoms with van der Waals surface area (Å²) >= 11 is 0. The Morgan fingerprint density at radius 2 is 1.95 bits per heavy atom. The molecule has 0 N–H and O–H groups in total. The second-order valence-electron chi connectivity index (χ2n) is 8.50. The second-order valence-corrected chi connectivity index (χ2v) is 10.4. The van der Waals surface area contributed by atoms with E-state index in [1.807, 2.05) is 0 Å². The van der Waals surface area contributed by atoms with Crippen LogP contribution in [0.1, 0.15) is 29.5 Å². The Hall–Kier alpha value is -4.43. The molecule has 1 atom stereocenters. The Morgan fingerprint density at radius 3 is 2.69 bits per heavy atom. The molecule has 0 spiro atoms. The fourth-order valence-corrected chi connectivity index (χ4v) is 5.59. The molecule has 4 rings (SSSR count). The van der Waals surface area contributed by atoms with Gasteiger partial charge in [-0.1, -0.05) is 42.5 Å². The molecule has 1 aliphatic rings. The van der Waals surface area contributed by atoms with E-state index in [1.54, 1.807) is 54.6 Å². The number of anilines is 1. The summed E-state index contributed by atoms with van der Waals surface area (Å²) in [5.74, 6) is -0.488. The van der Waals surface area contributed by atoms with Crippen molar-refractivity contribution in [1.29, 1.82) is 5.26 Å². The Kier molecular flexibility index (Phi) is 8.46. The number of alkyl halides is 2. The first-order valence-electron chi connectivity index (χ1n) is 11.8. The van der Waals surface area contributed by atoms with Gasteiger partial charge in [0.2, 0.25) is 0 Å². The van der Waals surface area contributed by atoms with Crippen LogP contribution in [0.4, 0.5) is 14.5 Å². The SMILES string of the molecule is COC(=O)CCC1CN(S(=O)(=O)c2cccc(OC(F)F)c2)c2cc(C=Cc3ccccc3C#N)ccc2O1. The molecule has 0 aromatic heterocycles. The van der Waals surface area contributed by atoms with Crippen LogP contribution in [0.25, 0.3) is 12.2 Å². The minimum absolute atomic E-state index is 0.0151. The fraction of sp³-hybridized carbons (Fsp3) is 0.214. The van der Waals surface area contributed by atoms with Gasteiger partial charge < -0.3 is 14.2 Å². The van der Waals surface area contributed by atoms with Crippen molar-refractivity contribution in [2.45, 2.75) is 30.5 Å². The largest absolute Gasteiger partial charge is 0.486 e. The molecule has 0 saturated heterocycles. The van der Waals surface area contributed by atoms with Crippen LogP contribution in [0.3, 0.4) is 0 Å². The third-order valence-corrected chi connectivity index (χ3v) is 7.74. The average Bonchev–Trinajstić information content (AvgIpc) is 2.94. The third kappa shape index (κ3) is 6.53. The molecule has 39 heavy (non-hydrogen) atoms. The number of fused-ring (bicyclic) bond motifs is 1. The van der Waals surface area contributed by atoms with Crippen molar-refractivity contribution in [2.75, 3.05) is 18.0 Å². The highest BCUT2D eigenvalue weighted by Crippen LogP contribution is 2.39. The van der Waals surface area contributed by atoms with Gasteiger partial charge in [0, 0.05) is 12.5 Å². The lowest BCUT2D eigenvalue weighted by Gasteiger charge is -2.35. The van der Waals surface area contributed by atoms with Crippen molar-refractivity contribution in [1.82, 2.24) is 0 Å². The lowest BCUT2D eigenvalue weighted by atomic mass is 10.1. The van der Waals surface area contributed by atoms with Gasteiger partial charge in [0.25, 0.3) is 10.0 Å². The number of nitriles is 1. The predicted octanol–water partition coefficient (Wildman–Crippen LogP) is 5.24. The number of sulfonamides is 1. The summed E-state index contributed by atoms with van der Waals surface area (Å²) in [6.45, 7) is -3.24. The van der Waals surface area contributed by atoms with Crippen LogP contribution in [0.5, 0.6) is 11.5 Å². The first kappa shape index (κ1) is 27.6. The number of benzene rings is 3. The van der Waals surface area contributed by atoms with Crippen molar-refractivity contribution in [3.63, 3.8) is 0 Å². The zero-order valence-corrected chi connectivity index (χ0v) is 21.6. The lowest BCUT2D eigenvalue weighted by Crippen LogP contribution is -2.43. The molecule has 0 radical (unpaired) electrons. The van der Waals surface area contributed by atoms with Crippen molar-refractivity contribution < 1.29 is 36.2 Å². The Balaban J connectivity index is 1.72. The van der Waals surface area contributed by atoms with Crippen molar-refractivity contribution in [2.24, 2.45) is 0 Å². The van der Waals surface area contributed by atoms with Crippen LogP contribution < -0.4 is 13.8 Å². The minimum atomic E-state index is -4.26. The summed E-state index contributed by atoms with van der Waals surface area (Å²) in [7, 11) is -3.00. The Labute approximate surface area is 224 Å². The molecule has 8 nitrogen and oxygen atoms in total. The summed E-state index contributed by atoms with van der Waals surface area (Å²) in [4.78, 5) is 11.4. The first-order chi connectivity index (χ1) is 18.7. The number of rotatable bonds is 9. The molecule has 0 amide bonds. The number of ether oxygens (including phenoxy) is 3. The highest BCUT2D eigenvalue weighted by atomic mass is 32.2. The van der Waals surface area contributed by atoms with Crippen molar-refractivity contribution in [3.8, 4) is 17.6 Å². The van der Waals surface area contributed by atoms with Gasteiger partial charge in [-0.25, -0.2) is 8.42 Å². The zero-order valence-electron chi connectivity index (χ0n) is 20.8. The maximum atomic E-state index is 13.8. The van der Waals surface area contributed by atoms with Gasteiger partial charge in [-0.15, -0.1) is 0 Å². The molecule has 1 unspecified atom stereocenters. The van der Waals surface area contributed by atoms with Crippen LogP contribution in [0.2, 0.25) is 0 Å². The molecule has 3 aromatic carbocycles. The quantitative estimate of drug-likeness (QED) is 0.263. The van der Waals surface area contributed by atoms with E-state index in [2.05, 4.69) is 15.5 Å². The van der Waals surface area contributed by atoms with E-state index in [1.165, 1.54) is 25.3 Å². The molecule has 1 aliphatic heterocycles. The number of nitrogens with zero attached hydrogens (tertiary/aromatic N) is 2. The van der Waals surface area contributed by atoms with Gasteiger partial charge in [0.1, 0.15) is 17.6 Å². The molecule has 1 heterocycles. The summed E-state index contributed by atoms with van der Waals surface area (Å²) in [6.07, 6.45) is 3.02. The van der Waals surface area contributed by atoms with Gasteiger partial charge in [-0.05, 0) is 47.9 Å². The van der Waals surface area contributed by atoms with E-state index < -0.39 is 28.7 Å². The van der Waals surface area contributed by atoms with Crippen LogP contribution in [0, 0.1) is 11.3 Å². The number of methoxy groups -OCH3 is 1. The maximum absolute atomic E-state index is 13.8. The maximum Gasteiger partial charge on any atom is 0.387 e. The topological polar surface area (TPSA) is 106 Å². The Morgan fingerprint density at radius 1 is 1.15 bits per heavy atom. The standard InChI is InChI=1S/C28H24F2N2O6S/c1-36-27(33)14-12-23-18-32(39(34,35)24-8-4-7-22(16-24)38-28(29)30)25-15-19(10-13-26(25)37-23)9-11-20-5-2-3-6-21(20)17-31/h2-11,13,15-16,23,28H,12,14,18H2,1H3. The molecule has 202 valence electrons. The van der Waals surface area contributed by atoms with Crippen molar-refractivity contribution >= 4 is 33.8 Å². The predicted molar refractivity (Wildman–Crippen MR) is 140 cm³/mol. The summed E-state index contributed by atoms with van der Waals surface area (Å²) < 4.78 is 69.3. The van der Waals surface area contributed by atoms with Crippen LogP contribution in [-0.2, 0) is 19.6 Å². The van der Waals surface area contributed by atoms with Gasteiger partial charge >= 0.3 is 12.6 Å². The lowest BCUT2D eigenvalue weighted by molar-refractivity contribution is -0.141. The number of hydrogen-bond donors (Lipinski definition) is 0. The molecule has 3 aromatic rings. The van der Waals surface area contributed by atoms with E-state index in [0.29, 0.717) is 16.7 Å². The van der Waals surface area contributed by atoms with E-state index in [-0.39, 0.29) is 41.5 Å². The molecule has 0 aliphatic carbocycles. The molecular formula is C28H24F2N2O6S. The number of hydrogen-bond acceptors (Lipinski definition) is 7. The van der Waals surface area contributed by atoms with Crippen molar-refractivity contribution in [3.05, 3.63) is 83.4 Å². The molecular weight excluding hydrogens is 530 g/mol.